The van der Waals surface area contributed by atoms with Gasteiger partial charge in [-0.25, -0.2) is 4.98 Å². The average molecular weight is 441 g/mol. The van der Waals surface area contributed by atoms with Gasteiger partial charge in [0, 0.05) is 21.6 Å². The van der Waals surface area contributed by atoms with E-state index in [2.05, 4.69) is 48.6 Å². The molecule has 1 N–H and O–H groups in total. The lowest BCUT2D eigenvalue weighted by Gasteiger charge is -2.05. The van der Waals surface area contributed by atoms with E-state index in [9.17, 15) is 9.59 Å². The summed E-state index contributed by atoms with van der Waals surface area (Å²) in [6.45, 7) is 3.64. The van der Waals surface area contributed by atoms with Crippen LogP contribution in [-0.2, 0) is 6.42 Å². The molecule has 0 saturated heterocycles. The average Bonchev–Trinajstić information content (AvgIpc) is 3.22. The van der Waals surface area contributed by atoms with Gasteiger partial charge in [0.15, 0.2) is 10.9 Å². The van der Waals surface area contributed by atoms with Crippen molar-refractivity contribution < 1.29 is 9.59 Å². The van der Waals surface area contributed by atoms with Crippen LogP contribution in [0.5, 0.6) is 0 Å². The highest BCUT2D eigenvalue weighted by Gasteiger charge is 2.16. The van der Waals surface area contributed by atoms with Crippen molar-refractivity contribution in [1.82, 2.24) is 4.98 Å². The van der Waals surface area contributed by atoms with Crippen molar-refractivity contribution in [3.8, 4) is 22.4 Å². The third kappa shape index (κ3) is 4.84. The maximum absolute atomic E-state index is 12.7. The Kier molecular flexibility index (Phi) is 6.57. The van der Waals surface area contributed by atoms with E-state index in [0.717, 1.165) is 34.5 Å². The summed E-state index contributed by atoms with van der Waals surface area (Å²) >= 11 is 1.51. The lowest BCUT2D eigenvalue weighted by molar-refractivity contribution is 0.100. The Morgan fingerprint density at radius 1 is 0.812 bits per heavy atom. The molecule has 0 aliphatic rings. The minimum Gasteiger partial charge on any atom is -0.298 e. The Balaban J connectivity index is 1.57. The van der Waals surface area contributed by atoms with Crippen LogP contribution in [0.15, 0.2) is 78.9 Å². The van der Waals surface area contributed by atoms with Crippen molar-refractivity contribution in [1.29, 1.82) is 0 Å². The van der Waals surface area contributed by atoms with Crippen LogP contribution in [0.4, 0.5) is 5.13 Å². The SMILES string of the molecule is CCCc1sc(NC(=O)c2ccc(C(C)=O)cc2)nc1-c1ccc(-c2ccccc2)cc1. The third-order valence-electron chi connectivity index (χ3n) is 5.21. The number of benzene rings is 3. The van der Waals surface area contributed by atoms with Crippen molar-refractivity contribution in [2.75, 3.05) is 5.32 Å². The zero-order valence-corrected chi connectivity index (χ0v) is 18.9. The van der Waals surface area contributed by atoms with Gasteiger partial charge in [-0.05, 0) is 36.6 Å². The fourth-order valence-electron chi connectivity index (χ4n) is 3.50. The van der Waals surface area contributed by atoms with Crippen LogP contribution in [0.1, 0.15) is 45.9 Å². The zero-order chi connectivity index (χ0) is 22.5. The number of anilines is 1. The summed E-state index contributed by atoms with van der Waals surface area (Å²) in [5.74, 6) is -0.258. The van der Waals surface area contributed by atoms with Gasteiger partial charge >= 0.3 is 0 Å². The summed E-state index contributed by atoms with van der Waals surface area (Å²) in [5, 5.41) is 3.50. The largest absolute Gasteiger partial charge is 0.298 e. The third-order valence-corrected chi connectivity index (χ3v) is 6.24. The van der Waals surface area contributed by atoms with Crippen LogP contribution in [0.3, 0.4) is 0 Å². The standard InChI is InChI=1S/C27H24N2O2S/c1-3-7-24-25(22-14-12-21(13-15-22)20-8-5-4-6-9-20)28-27(32-24)29-26(31)23-16-10-19(11-17-23)18(2)30/h4-6,8-17H,3,7H2,1-2H3,(H,28,29,31). The maximum Gasteiger partial charge on any atom is 0.257 e. The molecule has 1 heterocycles. The molecule has 5 heteroatoms. The maximum atomic E-state index is 12.7. The molecule has 4 rings (SSSR count). The van der Waals surface area contributed by atoms with Crippen molar-refractivity contribution in [2.45, 2.75) is 26.7 Å². The molecule has 4 nitrogen and oxygen atoms in total. The highest BCUT2D eigenvalue weighted by molar-refractivity contribution is 7.16. The summed E-state index contributed by atoms with van der Waals surface area (Å²) in [4.78, 5) is 30.0. The van der Waals surface area contributed by atoms with E-state index < -0.39 is 0 Å². The fraction of sp³-hybridized carbons (Fsp3) is 0.148. The number of thiazole rings is 1. The predicted octanol–water partition coefficient (Wildman–Crippen LogP) is 6.88. The first-order chi connectivity index (χ1) is 15.5. The molecule has 0 fully saturated rings. The van der Waals surface area contributed by atoms with E-state index in [1.807, 2.05) is 18.2 Å². The Labute approximate surface area is 192 Å². The summed E-state index contributed by atoms with van der Waals surface area (Å²) in [7, 11) is 0. The Morgan fingerprint density at radius 2 is 1.41 bits per heavy atom. The van der Waals surface area contributed by atoms with Gasteiger partial charge < -0.3 is 0 Å². The topological polar surface area (TPSA) is 59.1 Å². The van der Waals surface area contributed by atoms with E-state index in [0.29, 0.717) is 16.3 Å². The summed E-state index contributed by atoms with van der Waals surface area (Å²) in [5.41, 5.74) is 5.37. The highest BCUT2D eigenvalue weighted by Crippen LogP contribution is 2.33. The van der Waals surface area contributed by atoms with E-state index in [4.69, 9.17) is 4.98 Å². The Bertz CT molecular complexity index is 1230. The predicted molar refractivity (Wildman–Crippen MR) is 131 cm³/mol. The van der Waals surface area contributed by atoms with E-state index in [-0.39, 0.29) is 11.7 Å². The second-order valence-electron chi connectivity index (χ2n) is 7.57. The molecule has 0 atom stereocenters. The monoisotopic (exact) mass is 440 g/mol. The van der Waals surface area contributed by atoms with E-state index in [1.54, 1.807) is 24.3 Å². The molecule has 0 aliphatic carbocycles. The number of aryl methyl sites for hydroxylation is 1. The first-order valence-corrected chi connectivity index (χ1v) is 11.4. The molecule has 0 radical (unpaired) electrons. The molecular weight excluding hydrogens is 416 g/mol. The molecule has 0 spiro atoms. The molecule has 1 aromatic heterocycles. The summed E-state index contributed by atoms with van der Waals surface area (Å²) in [6, 6.07) is 25.3. The number of hydrogen-bond acceptors (Lipinski definition) is 4. The zero-order valence-electron chi connectivity index (χ0n) is 18.1. The molecule has 0 aliphatic heterocycles. The second-order valence-corrected chi connectivity index (χ2v) is 8.66. The Morgan fingerprint density at radius 3 is 2.03 bits per heavy atom. The van der Waals surface area contributed by atoms with Gasteiger partial charge in [0.2, 0.25) is 0 Å². The van der Waals surface area contributed by atoms with Gasteiger partial charge in [-0.3, -0.25) is 14.9 Å². The number of amides is 1. The van der Waals surface area contributed by atoms with Crippen LogP contribution in [0.2, 0.25) is 0 Å². The normalized spacial score (nSPS) is 10.7. The number of Topliss-reactive ketones (excluding diaryl/α,β-unsaturated/α-hetero) is 1. The minimum absolute atomic E-state index is 0.0241. The number of carbonyl (C=O) groups is 2. The van der Waals surface area contributed by atoms with E-state index >= 15 is 0 Å². The number of carbonyl (C=O) groups excluding carboxylic acids is 2. The minimum atomic E-state index is -0.233. The first kappa shape index (κ1) is 21.7. The molecule has 4 aromatic rings. The highest BCUT2D eigenvalue weighted by atomic mass is 32.1. The number of nitrogens with one attached hydrogen (secondary N) is 1. The second kappa shape index (κ2) is 9.71. The summed E-state index contributed by atoms with van der Waals surface area (Å²) in [6.07, 6.45) is 1.90. The van der Waals surface area contributed by atoms with Gasteiger partial charge in [0.1, 0.15) is 0 Å². The van der Waals surface area contributed by atoms with Crippen LogP contribution in [-0.4, -0.2) is 16.7 Å². The van der Waals surface area contributed by atoms with Crippen molar-refractivity contribution in [3.63, 3.8) is 0 Å². The van der Waals surface area contributed by atoms with Gasteiger partial charge in [-0.1, -0.05) is 80.1 Å². The van der Waals surface area contributed by atoms with Crippen molar-refractivity contribution in [2.24, 2.45) is 0 Å². The van der Waals surface area contributed by atoms with Crippen LogP contribution in [0, 0.1) is 0 Å². The van der Waals surface area contributed by atoms with Gasteiger partial charge in [-0.2, -0.15) is 0 Å². The van der Waals surface area contributed by atoms with Gasteiger partial charge in [0.25, 0.3) is 5.91 Å². The van der Waals surface area contributed by atoms with E-state index in [1.165, 1.54) is 23.8 Å². The quantitative estimate of drug-likeness (QED) is 0.319. The number of aromatic nitrogens is 1. The van der Waals surface area contributed by atoms with Crippen LogP contribution in [0.25, 0.3) is 22.4 Å². The number of hydrogen-bond donors (Lipinski definition) is 1. The smallest absolute Gasteiger partial charge is 0.257 e. The van der Waals surface area contributed by atoms with Gasteiger partial charge in [-0.15, -0.1) is 11.3 Å². The van der Waals surface area contributed by atoms with Gasteiger partial charge in [0.05, 0.1) is 5.69 Å². The Hall–Kier alpha value is -3.57. The molecular formula is C27H24N2O2S. The molecule has 3 aromatic carbocycles. The lowest BCUT2D eigenvalue weighted by Crippen LogP contribution is -2.11. The molecule has 0 bridgehead atoms. The number of nitrogens with zero attached hydrogens (tertiary/aromatic N) is 1. The van der Waals surface area contributed by atoms with Crippen molar-refractivity contribution >= 4 is 28.2 Å². The lowest BCUT2D eigenvalue weighted by atomic mass is 10.0. The fourth-order valence-corrected chi connectivity index (χ4v) is 4.58. The molecule has 1 amide bonds. The summed E-state index contributed by atoms with van der Waals surface area (Å²) < 4.78 is 0. The number of ketones is 1. The number of rotatable bonds is 7. The molecule has 32 heavy (non-hydrogen) atoms. The molecule has 0 unspecified atom stereocenters. The van der Waals surface area contributed by atoms with Crippen LogP contribution >= 0.6 is 11.3 Å². The molecule has 0 saturated carbocycles. The first-order valence-electron chi connectivity index (χ1n) is 10.6. The molecule has 160 valence electrons. The van der Waals surface area contributed by atoms with Crippen molar-refractivity contribution in [3.05, 3.63) is 94.9 Å². The van der Waals surface area contributed by atoms with Crippen LogP contribution < -0.4 is 5.32 Å².